The maximum Gasteiger partial charge on any atom is 0.127 e. The normalized spacial score (nSPS) is 12.8. The van der Waals surface area contributed by atoms with E-state index in [2.05, 4.69) is 5.32 Å². The zero-order chi connectivity index (χ0) is 12.0. The molecule has 0 radical (unpaired) electrons. The summed E-state index contributed by atoms with van der Waals surface area (Å²) in [5.41, 5.74) is 0.548. The minimum absolute atomic E-state index is 0.0874. The predicted octanol–water partition coefficient (Wildman–Crippen LogP) is 2.65. The maximum atomic E-state index is 13.5. The third kappa shape index (κ3) is 3.74. The van der Waals surface area contributed by atoms with Crippen molar-refractivity contribution in [1.29, 1.82) is 0 Å². The zero-order valence-electron chi connectivity index (χ0n) is 9.59. The lowest BCUT2D eigenvalue weighted by atomic mass is 10.1. The highest BCUT2D eigenvalue weighted by molar-refractivity contribution is 6.31. The first-order chi connectivity index (χ1) is 7.69. The molecule has 90 valence electrons. The summed E-state index contributed by atoms with van der Waals surface area (Å²) in [4.78, 5) is 0. The minimum Gasteiger partial charge on any atom is -0.383 e. The van der Waals surface area contributed by atoms with E-state index in [1.807, 2.05) is 6.92 Å². The van der Waals surface area contributed by atoms with Gasteiger partial charge in [0.1, 0.15) is 5.82 Å². The molecule has 0 spiro atoms. The topological polar surface area (TPSA) is 21.3 Å². The molecule has 2 nitrogen and oxygen atoms in total. The molecule has 0 bridgehead atoms. The number of benzene rings is 1. The van der Waals surface area contributed by atoms with E-state index >= 15 is 0 Å². The Balaban J connectivity index is 2.76. The van der Waals surface area contributed by atoms with Crippen molar-refractivity contribution in [2.75, 3.05) is 20.3 Å². The number of halogens is 2. The monoisotopic (exact) mass is 245 g/mol. The fraction of sp³-hybridized carbons (Fsp3) is 0.500. The lowest BCUT2D eigenvalue weighted by Crippen LogP contribution is -2.35. The molecule has 0 aliphatic rings. The molecule has 0 amide bonds. The summed E-state index contributed by atoms with van der Waals surface area (Å²) in [5.74, 6) is -0.258. The third-order valence-corrected chi connectivity index (χ3v) is 2.73. The Labute approximate surface area is 101 Å². The van der Waals surface area contributed by atoms with Crippen LogP contribution in [0.4, 0.5) is 4.39 Å². The van der Waals surface area contributed by atoms with Crippen LogP contribution in [-0.4, -0.2) is 26.3 Å². The molecule has 0 fully saturated rings. The second-order valence-corrected chi connectivity index (χ2v) is 4.02. The van der Waals surface area contributed by atoms with Gasteiger partial charge in [0, 0.05) is 23.7 Å². The number of hydrogen-bond acceptors (Lipinski definition) is 2. The summed E-state index contributed by atoms with van der Waals surface area (Å²) < 4.78 is 18.6. The van der Waals surface area contributed by atoms with Crippen molar-refractivity contribution in [2.45, 2.75) is 19.4 Å². The summed E-state index contributed by atoms with van der Waals surface area (Å²) >= 11 is 5.97. The molecule has 0 aromatic heterocycles. The largest absolute Gasteiger partial charge is 0.383 e. The van der Waals surface area contributed by atoms with E-state index in [0.717, 1.165) is 6.54 Å². The molecule has 0 heterocycles. The molecule has 0 aliphatic carbocycles. The van der Waals surface area contributed by atoms with Crippen LogP contribution in [-0.2, 0) is 11.2 Å². The Morgan fingerprint density at radius 1 is 1.50 bits per heavy atom. The number of hydrogen-bond donors (Lipinski definition) is 1. The molecule has 1 rings (SSSR count). The summed E-state index contributed by atoms with van der Waals surface area (Å²) in [6.45, 7) is 3.37. The first kappa shape index (κ1) is 13.4. The van der Waals surface area contributed by atoms with E-state index < -0.39 is 0 Å². The van der Waals surface area contributed by atoms with Gasteiger partial charge in [0.2, 0.25) is 0 Å². The van der Waals surface area contributed by atoms with Gasteiger partial charge in [-0.25, -0.2) is 4.39 Å². The van der Waals surface area contributed by atoms with Gasteiger partial charge in [-0.2, -0.15) is 0 Å². The van der Waals surface area contributed by atoms with Crippen molar-refractivity contribution in [1.82, 2.24) is 5.32 Å². The van der Waals surface area contributed by atoms with Gasteiger partial charge in [-0.15, -0.1) is 0 Å². The maximum absolute atomic E-state index is 13.5. The van der Waals surface area contributed by atoms with Gasteiger partial charge in [-0.3, -0.25) is 0 Å². The lowest BCUT2D eigenvalue weighted by Gasteiger charge is -2.17. The zero-order valence-corrected chi connectivity index (χ0v) is 10.4. The van der Waals surface area contributed by atoms with Crippen LogP contribution in [0.2, 0.25) is 5.02 Å². The molecule has 0 saturated heterocycles. The molecule has 0 saturated carbocycles. The van der Waals surface area contributed by atoms with Gasteiger partial charge >= 0.3 is 0 Å². The summed E-state index contributed by atoms with van der Waals surface area (Å²) in [6.07, 6.45) is 0.535. The van der Waals surface area contributed by atoms with Crippen LogP contribution in [0, 0.1) is 5.82 Å². The van der Waals surface area contributed by atoms with Crippen LogP contribution in [0.15, 0.2) is 18.2 Å². The highest BCUT2D eigenvalue weighted by Gasteiger charge is 2.13. The molecular weight excluding hydrogens is 229 g/mol. The SMILES string of the molecule is CCNC(COC)Cc1c(F)cccc1Cl. The fourth-order valence-corrected chi connectivity index (χ4v) is 1.89. The average Bonchev–Trinajstić information content (AvgIpc) is 2.24. The van der Waals surface area contributed by atoms with Crippen molar-refractivity contribution >= 4 is 11.6 Å². The second kappa shape index (κ2) is 6.84. The number of ether oxygens (including phenoxy) is 1. The van der Waals surface area contributed by atoms with Crippen LogP contribution < -0.4 is 5.32 Å². The van der Waals surface area contributed by atoms with E-state index in [4.69, 9.17) is 16.3 Å². The fourth-order valence-electron chi connectivity index (χ4n) is 1.65. The smallest absolute Gasteiger partial charge is 0.127 e. The van der Waals surface area contributed by atoms with Crippen LogP contribution in [0.25, 0.3) is 0 Å². The molecule has 0 aliphatic heterocycles. The molecule has 1 aromatic carbocycles. The Hall–Kier alpha value is -0.640. The van der Waals surface area contributed by atoms with Gasteiger partial charge in [0.15, 0.2) is 0 Å². The van der Waals surface area contributed by atoms with E-state index in [9.17, 15) is 4.39 Å². The summed E-state index contributed by atoms with van der Waals surface area (Å²) in [6, 6.07) is 4.83. The molecule has 1 atom stereocenters. The van der Waals surface area contributed by atoms with Crippen LogP contribution in [0.1, 0.15) is 12.5 Å². The number of rotatable bonds is 6. The number of likely N-dealkylation sites (N-methyl/N-ethyl adjacent to an activating group) is 1. The van der Waals surface area contributed by atoms with Gasteiger partial charge in [-0.05, 0) is 25.1 Å². The van der Waals surface area contributed by atoms with Crippen molar-refractivity contribution in [2.24, 2.45) is 0 Å². The van der Waals surface area contributed by atoms with Crippen molar-refractivity contribution in [3.05, 3.63) is 34.6 Å². The van der Waals surface area contributed by atoms with E-state index in [1.165, 1.54) is 6.07 Å². The van der Waals surface area contributed by atoms with Crippen molar-refractivity contribution < 1.29 is 9.13 Å². The Morgan fingerprint density at radius 3 is 2.81 bits per heavy atom. The second-order valence-electron chi connectivity index (χ2n) is 3.61. The Kier molecular flexibility index (Phi) is 5.74. The first-order valence-corrected chi connectivity index (χ1v) is 5.72. The highest BCUT2D eigenvalue weighted by Crippen LogP contribution is 2.20. The lowest BCUT2D eigenvalue weighted by molar-refractivity contribution is 0.166. The third-order valence-electron chi connectivity index (χ3n) is 2.37. The summed E-state index contributed by atoms with van der Waals surface area (Å²) in [5, 5.41) is 3.71. The van der Waals surface area contributed by atoms with Crippen molar-refractivity contribution in [3.8, 4) is 0 Å². The Morgan fingerprint density at radius 2 is 2.25 bits per heavy atom. The highest BCUT2D eigenvalue weighted by atomic mass is 35.5. The van der Waals surface area contributed by atoms with E-state index in [-0.39, 0.29) is 11.9 Å². The van der Waals surface area contributed by atoms with Crippen LogP contribution in [0.5, 0.6) is 0 Å². The van der Waals surface area contributed by atoms with E-state index in [1.54, 1.807) is 19.2 Å². The molecular formula is C12H17ClFNO. The Bertz CT molecular complexity index is 307. The van der Waals surface area contributed by atoms with Crippen LogP contribution in [0.3, 0.4) is 0 Å². The first-order valence-electron chi connectivity index (χ1n) is 5.34. The predicted molar refractivity (Wildman–Crippen MR) is 64.5 cm³/mol. The van der Waals surface area contributed by atoms with Crippen LogP contribution >= 0.6 is 11.6 Å². The standard InChI is InChI=1S/C12H17ClFNO/c1-3-15-9(8-16-2)7-10-11(13)5-4-6-12(10)14/h4-6,9,15H,3,7-8H2,1-2H3. The van der Waals surface area contributed by atoms with Gasteiger partial charge < -0.3 is 10.1 Å². The molecule has 1 aromatic rings. The van der Waals surface area contributed by atoms with Gasteiger partial charge in [0.05, 0.1) is 6.61 Å². The number of methoxy groups -OCH3 is 1. The minimum atomic E-state index is -0.258. The molecule has 4 heteroatoms. The van der Waals surface area contributed by atoms with Crippen molar-refractivity contribution in [3.63, 3.8) is 0 Å². The van der Waals surface area contributed by atoms with E-state index in [0.29, 0.717) is 23.6 Å². The molecule has 1 unspecified atom stereocenters. The van der Waals surface area contributed by atoms with Gasteiger partial charge in [0.25, 0.3) is 0 Å². The van der Waals surface area contributed by atoms with Gasteiger partial charge in [-0.1, -0.05) is 24.6 Å². The summed E-state index contributed by atoms with van der Waals surface area (Å²) in [7, 11) is 1.63. The average molecular weight is 246 g/mol. The quantitative estimate of drug-likeness (QED) is 0.832. The molecule has 1 N–H and O–H groups in total. The number of nitrogens with one attached hydrogen (secondary N) is 1. The molecule has 16 heavy (non-hydrogen) atoms.